The molecule has 0 aliphatic carbocycles. The van der Waals surface area contributed by atoms with E-state index in [9.17, 15) is 28.3 Å². The lowest BCUT2D eigenvalue weighted by atomic mass is 9.90. The Hall–Kier alpha value is -3.99. The van der Waals surface area contributed by atoms with Crippen LogP contribution in [0.3, 0.4) is 0 Å². The number of carbonyl (C=O) groups excluding carboxylic acids is 1. The van der Waals surface area contributed by atoms with E-state index in [4.69, 9.17) is 0 Å². The minimum Gasteiger partial charge on any atom is -0.481 e. The third kappa shape index (κ3) is 8.04. The van der Waals surface area contributed by atoms with Crippen molar-refractivity contribution in [3.63, 3.8) is 0 Å². The lowest BCUT2D eigenvalue weighted by molar-refractivity contribution is -0.138. The second-order valence-electron chi connectivity index (χ2n) is 13.3. The van der Waals surface area contributed by atoms with Gasteiger partial charge in [-0.15, -0.1) is 0 Å². The number of nitrogens with one attached hydrogen (secondary N) is 1. The highest BCUT2D eigenvalue weighted by atomic mass is 19.1. The lowest BCUT2D eigenvalue weighted by Crippen LogP contribution is -2.57. The SMILES string of the molecule is Cc1cc(-c2c(C)cc(F)cc2C)cc(C(CC(=O)O)NC(=O)C(CC(C)C)n2cc(CCN3CC(C)(F)C3)c(C)nc2=O)c1F. The van der Waals surface area contributed by atoms with Crippen LogP contribution < -0.4 is 11.0 Å². The van der Waals surface area contributed by atoms with E-state index in [0.29, 0.717) is 54.0 Å². The number of carboxylic acid groups (broad SMARTS) is 1. The standard InChI is InChI=1S/C35H43F3N4O4/c1-19(2)10-29(42-16-24(23(6)39-34(42)46)8-9-41-17-35(7,38)18-41)33(45)40-28(15-30(43)44)27-14-25(11-22(5)32(27)37)31-20(3)12-26(36)13-21(31)4/h11-14,16,19,28-29H,8-10,15,17-18H2,1-7H3,(H,40,45)(H,43,44). The van der Waals surface area contributed by atoms with Gasteiger partial charge in [0.2, 0.25) is 5.91 Å². The molecule has 2 N–H and O–H groups in total. The smallest absolute Gasteiger partial charge is 0.348 e. The van der Waals surface area contributed by atoms with Crippen molar-refractivity contribution in [2.75, 3.05) is 19.6 Å². The Morgan fingerprint density at radius 3 is 2.24 bits per heavy atom. The molecule has 1 aromatic heterocycles. The summed E-state index contributed by atoms with van der Waals surface area (Å²) in [6.45, 7) is 13.3. The van der Waals surface area contributed by atoms with Gasteiger partial charge >= 0.3 is 11.7 Å². The fraction of sp³-hybridized carbons (Fsp3) is 0.486. The number of hydrogen-bond donors (Lipinski definition) is 2. The first-order valence-corrected chi connectivity index (χ1v) is 15.5. The van der Waals surface area contributed by atoms with Crippen LogP contribution >= 0.6 is 0 Å². The Kier molecular flexibility index (Phi) is 10.5. The van der Waals surface area contributed by atoms with Gasteiger partial charge in [0.1, 0.15) is 23.3 Å². The van der Waals surface area contributed by atoms with Crippen molar-refractivity contribution in [2.45, 2.75) is 85.5 Å². The van der Waals surface area contributed by atoms with Gasteiger partial charge in [-0.25, -0.2) is 18.0 Å². The minimum absolute atomic E-state index is 0.0262. The molecule has 11 heteroatoms. The summed E-state index contributed by atoms with van der Waals surface area (Å²) in [4.78, 5) is 45.3. The molecule has 0 saturated carbocycles. The number of halogens is 3. The van der Waals surface area contributed by atoms with Crippen molar-refractivity contribution in [1.82, 2.24) is 19.8 Å². The van der Waals surface area contributed by atoms with Gasteiger partial charge in [0.05, 0.1) is 12.5 Å². The number of likely N-dealkylation sites (tertiary alicyclic amines) is 1. The van der Waals surface area contributed by atoms with E-state index in [1.807, 2.05) is 18.7 Å². The highest BCUT2D eigenvalue weighted by molar-refractivity contribution is 5.82. The number of alkyl halides is 1. The van der Waals surface area contributed by atoms with Crippen LogP contribution in [0, 0.1) is 45.2 Å². The Balaban J connectivity index is 1.70. The molecule has 3 aromatic rings. The molecule has 46 heavy (non-hydrogen) atoms. The van der Waals surface area contributed by atoms with Crippen LogP contribution in [-0.2, 0) is 16.0 Å². The molecule has 1 aliphatic heterocycles. The first kappa shape index (κ1) is 34.9. The summed E-state index contributed by atoms with van der Waals surface area (Å²) in [5.41, 5.74) is 2.10. The Morgan fingerprint density at radius 1 is 1.04 bits per heavy atom. The van der Waals surface area contributed by atoms with Crippen LogP contribution in [0.25, 0.3) is 11.1 Å². The molecular weight excluding hydrogens is 597 g/mol. The molecule has 248 valence electrons. The number of carbonyl (C=O) groups is 2. The number of aliphatic carboxylic acids is 1. The van der Waals surface area contributed by atoms with Crippen molar-refractivity contribution in [2.24, 2.45) is 5.92 Å². The monoisotopic (exact) mass is 640 g/mol. The average molecular weight is 641 g/mol. The van der Waals surface area contributed by atoms with Gasteiger partial charge in [-0.2, -0.15) is 4.98 Å². The predicted molar refractivity (Wildman–Crippen MR) is 171 cm³/mol. The minimum atomic E-state index is -1.27. The Bertz CT molecular complexity index is 1670. The fourth-order valence-corrected chi connectivity index (χ4v) is 6.42. The number of aromatic nitrogens is 2. The first-order chi connectivity index (χ1) is 21.5. The number of rotatable bonds is 12. The molecular formula is C35H43F3N4O4. The average Bonchev–Trinajstić information content (AvgIpc) is 2.90. The van der Waals surface area contributed by atoms with Crippen molar-refractivity contribution in [3.05, 3.63) is 86.1 Å². The van der Waals surface area contributed by atoms with Crippen LogP contribution in [0.1, 0.15) is 79.2 Å². The van der Waals surface area contributed by atoms with Crippen LogP contribution in [0.5, 0.6) is 0 Å². The predicted octanol–water partition coefficient (Wildman–Crippen LogP) is 5.93. The van der Waals surface area contributed by atoms with Gasteiger partial charge < -0.3 is 10.4 Å². The van der Waals surface area contributed by atoms with E-state index in [0.717, 1.165) is 5.56 Å². The van der Waals surface area contributed by atoms with Gasteiger partial charge in [0.25, 0.3) is 0 Å². The summed E-state index contributed by atoms with van der Waals surface area (Å²) in [7, 11) is 0. The van der Waals surface area contributed by atoms with E-state index in [2.05, 4.69) is 10.3 Å². The summed E-state index contributed by atoms with van der Waals surface area (Å²) in [5.74, 6) is -3.02. The first-order valence-electron chi connectivity index (χ1n) is 15.5. The van der Waals surface area contributed by atoms with Crippen LogP contribution in [0.15, 0.2) is 35.3 Å². The lowest BCUT2D eigenvalue weighted by Gasteiger charge is -2.42. The fourth-order valence-electron chi connectivity index (χ4n) is 6.42. The van der Waals surface area contributed by atoms with Gasteiger partial charge in [0.15, 0.2) is 0 Å². The van der Waals surface area contributed by atoms with Gasteiger partial charge in [-0.1, -0.05) is 13.8 Å². The Labute approximate surface area is 267 Å². The van der Waals surface area contributed by atoms with Crippen LogP contribution in [0.2, 0.25) is 0 Å². The topological polar surface area (TPSA) is 105 Å². The second-order valence-corrected chi connectivity index (χ2v) is 13.3. The molecule has 1 saturated heterocycles. The van der Waals surface area contributed by atoms with E-state index in [1.165, 1.54) is 22.8 Å². The van der Waals surface area contributed by atoms with Crippen molar-refractivity contribution >= 4 is 11.9 Å². The molecule has 2 unspecified atom stereocenters. The molecule has 2 aromatic carbocycles. The van der Waals surface area contributed by atoms with Gasteiger partial charge in [0, 0.05) is 37.1 Å². The maximum absolute atomic E-state index is 15.7. The highest BCUT2D eigenvalue weighted by Gasteiger charge is 2.38. The molecule has 2 heterocycles. The van der Waals surface area contributed by atoms with Crippen LogP contribution in [0.4, 0.5) is 13.2 Å². The summed E-state index contributed by atoms with van der Waals surface area (Å²) in [6.07, 6.45) is 1.71. The van der Waals surface area contributed by atoms with Crippen molar-refractivity contribution in [1.29, 1.82) is 0 Å². The molecule has 0 radical (unpaired) electrons. The second kappa shape index (κ2) is 13.8. The van der Waals surface area contributed by atoms with E-state index in [-0.39, 0.29) is 23.5 Å². The maximum atomic E-state index is 15.7. The van der Waals surface area contributed by atoms with E-state index in [1.54, 1.807) is 46.9 Å². The molecule has 1 fully saturated rings. The molecule has 1 amide bonds. The molecule has 0 bridgehead atoms. The third-order valence-corrected chi connectivity index (χ3v) is 8.52. The summed E-state index contributed by atoms with van der Waals surface area (Å²) in [5, 5.41) is 12.5. The number of hydrogen-bond acceptors (Lipinski definition) is 5. The Morgan fingerprint density at radius 2 is 1.67 bits per heavy atom. The quantitative estimate of drug-likeness (QED) is 0.255. The molecule has 2 atom stereocenters. The van der Waals surface area contributed by atoms with Gasteiger partial charge in [-0.3, -0.25) is 19.1 Å². The summed E-state index contributed by atoms with van der Waals surface area (Å²) < 4.78 is 45.0. The zero-order chi connectivity index (χ0) is 34.1. The number of nitrogens with zero attached hydrogens (tertiary/aromatic N) is 3. The molecule has 8 nitrogen and oxygen atoms in total. The zero-order valence-electron chi connectivity index (χ0n) is 27.5. The number of carboxylic acids is 1. The zero-order valence-corrected chi connectivity index (χ0v) is 27.5. The van der Waals surface area contributed by atoms with E-state index < -0.39 is 53.4 Å². The summed E-state index contributed by atoms with van der Waals surface area (Å²) >= 11 is 0. The third-order valence-electron chi connectivity index (χ3n) is 8.52. The molecule has 4 rings (SSSR count). The number of benzene rings is 2. The van der Waals surface area contributed by atoms with Crippen molar-refractivity contribution in [3.8, 4) is 11.1 Å². The summed E-state index contributed by atoms with van der Waals surface area (Å²) in [6, 6.07) is 3.53. The largest absolute Gasteiger partial charge is 0.481 e. The van der Waals surface area contributed by atoms with Gasteiger partial charge in [-0.05, 0) is 111 Å². The normalized spacial score (nSPS) is 15.8. The molecule has 0 spiro atoms. The highest BCUT2D eigenvalue weighted by Crippen LogP contribution is 2.34. The van der Waals surface area contributed by atoms with Crippen molar-refractivity contribution < 1.29 is 27.9 Å². The number of aryl methyl sites for hydroxylation is 4. The van der Waals surface area contributed by atoms with Crippen LogP contribution in [-0.4, -0.2) is 56.7 Å². The maximum Gasteiger partial charge on any atom is 0.348 e. The van der Waals surface area contributed by atoms with E-state index >= 15 is 4.39 Å². The number of amides is 1. The molecule has 1 aliphatic rings.